The first-order valence-electron chi connectivity index (χ1n) is 12.1. The van der Waals surface area contributed by atoms with Gasteiger partial charge in [0.05, 0.1) is 24.4 Å². The Morgan fingerprint density at radius 3 is 2.26 bits per heavy atom. The Morgan fingerprint density at radius 2 is 1.65 bits per heavy atom. The smallest absolute Gasteiger partial charge is 0.222 e. The number of aliphatic hydroxyl groups is 1. The summed E-state index contributed by atoms with van der Waals surface area (Å²) in [6.07, 6.45) is -0.481. The summed E-state index contributed by atoms with van der Waals surface area (Å²) in [6.45, 7) is 12.7. The van der Waals surface area contributed by atoms with Gasteiger partial charge in [0.1, 0.15) is 11.4 Å². The van der Waals surface area contributed by atoms with Gasteiger partial charge in [0, 0.05) is 32.2 Å². The van der Waals surface area contributed by atoms with Crippen LogP contribution >= 0.6 is 0 Å². The molecule has 0 aliphatic heterocycles. The van der Waals surface area contributed by atoms with Crippen LogP contribution in [-0.2, 0) is 18.3 Å². The average molecular weight is 466 g/mol. The predicted octanol–water partition coefficient (Wildman–Crippen LogP) is 5.43. The van der Waals surface area contributed by atoms with Crippen molar-refractivity contribution >= 4 is 0 Å². The van der Waals surface area contributed by atoms with E-state index in [4.69, 9.17) is 14.6 Å². The number of ether oxygens (including phenoxy) is 2. The topological polar surface area (TPSA) is 59.8 Å². The Balaban J connectivity index is 1.95. The lowest BCUT2D eigenvalue weighted by Gasteiger charge is -2.27. The van der Waals surface area contributed by atoms with Crippen molar-refractivity contribution in [3.63, 3.8) is 0 Å². The zero-order valence-electron chi connectivity index (χ0n) is 21.4. The Kier molecular flexibility index (Phi) is 9.28. The van der Waals surface area contributed by atoms with Crippen molar-refractivity contribution in [3.8, 4) is 22.9 Å². The molecule has 1 N–H and O–H groups in total. The number of aromatic nitrogens is 2. The molecule has 6 nitrogen and oxygen atoms in total. The van der Waals surface area contributed by atoms with Gasteiger partial charge < -0.3 is 14.6 Å². The SMILES string of the molecule is Cc1ccc(Oc2c(CN(CC(C)C)CC(O)COC(C)C)c(-c3ccccc3)nn2C)cc1. The van der Waals surface area contributed by atoms with Crippen LogP contribution in [0.25, 0.3) is 11.3 Å². The highest BCUT2D eigenvalue weighted by atomic mass is 16.5. The lowest BCUT2D eigenvalue weighted by atomic mass is 10.1. The van der Waals surface area contributed by atoms with E-state index in [1.807, 2.05) is 68.0 Å². The number of rotatable bonds is 12. The molecule has 0 aliphatic rings. The van der Waals surface area contributed by atoms with E-state index in [0.717, 1.165) is 29.1 Å². The molecule has 34 heavy (non-hydrogen) atoms. The molecular weight excluding hydrogens is 426 g/mol. The second-order valence-electron chi connectivity index (χ2n) is 9.66. The van der Waals surface area contributed by atoms with Gasteiger partial charge in [-0.25, -0.2) is 4.68 Å². The van der Waals surface area contributed by atoms with Crippen molar-refractivity contribution in [1.29, 1.82) is 0 Å². The third kappa shape index (κ3) is 7.42. The first-order valence-corrected chi connectivity index (χ1v) is 12.1. The largest absolute Gasteiger partial charge is 0.439 e. The molecule has 0 radical (unpaired) electrons. The summed E-state index contributed by atoms with van der Waals surface area (Å²) >= 11 is 0. The summed E-state index contributed by atoms with van der Waals surface area (Å²) < 4.78 is 13.8. The summed E-state index contributed by atoms with van der Waals surface area (Å²) in [5, 5.41) is 15.5. The molecule has 2 aromatic carbocycles. The molecule has 0 aliphatic carbocycles. The van der Waals surface area contributed by atoms with Crippen LogP contribution in [0.15, 0.2) is 54.6 Å². The summed E-state index contributed by atoms with van der Waals surface area (Å²) in [5.41, 5.74) is 4.13. The normalized spacial score (nSPS) is 12.6. The summed E-state index contributed by atoms with van der Waals surface area (Å²) in [7, 11) is 1.91. The Labute approximate surface area is 204 Å². The molecule has 0 amide bonds. The van der Waals surface area contributed by atoms with Gasteiger partial charge in [-0.3, -0.25) is 4.90 Å². The highest BCUT2D eigenvalue weighted by Gasteiger charge is 2.24. The quantitative estimate of drug-likeness (QED) is 0.386. The fraction of sp³-hybridized carbons (Fsp3) is 0.464. The van der Waals surface area contributed by atoms with Crippen LogP contribution in [0.2, 0.25) is 0 Å². The molecule has 1 heterocycles. The molecule has 3 rings (SSSR count). The van der Waals surface area contributed by atoms with Gasteiger partial charge in [0.25, 0.3) is 0 Å². The predicted molar refractivity (Wildman–Crippen MR) is 137 cm³/mol. The minimum Gasteiger partial charge on any atom is -0.439 e. The lowest BCUT2D eigenvalue weighted by molar-refractivity contribution is -0.0109. The maximum Gasteiger partial charge on any atom is 0.222 e. The summed E-state index contributed by atoms with van der Waals surface area (Å²) in [6, 6.07) is 18.2. The molecule has 0 bridgehead atoms. The van der Waals surface area contributed by atoms with Crippen LogP contribution in [-0.4, -0.2) is 51.7 Å². The number of aliphatic hydroxyl groups excluding tert-OH is 1. The van der Waals surface area contributed by atoms with Crippen molar-refractivity contribution < 1.29 is 14.6 Å². The van der Waals surface area contributed by atoms with Crippen LogP contribution < -0.4 is 4.74 Å². The minimum absolute atomic E-state index is 0.0886. The van der Waals surface area contributed by atoms with Crippen LogP contribution in [0.5, 0.6) is 11.6 Å². The third-order valence-corrected chi connectivity index (χ3v) is 5.47. The number of benzene rings is 2. The number of hydrogen-bond acceptors (Lipinski definition) is 5. The minimum atomic E-state index is -0.570. The van der Waals surface area contributed by atoms with Crippen molar-refractivity contribution in [1.82, 2.24) is 14.7 Å². The Bertz CT molecular complexity index is 1010. The second kappa shape index (κ2) is 12.2. The molecule has 0 saturated carbocycles. The van der Waals surface area contributed by atoms with Gasteiger partial charge in [0.2, 0.25) is 5.88 Å². The molecule has 0 spiro atoms. The average Bonchev–Trinajstić information content (AvgIpc) is 3.09. The number of hydrogen-bond donors (Lipinski definition) is 1. The van der Waals surface area contributed by atoms with E-state index in [2.05, 4.69) is 37.8 Å². The molecule has 1 atom stereocenters. The molecule has 1 aromatic heterocycles. The standard InChI is InChI=1S/C28H39N3O3/c1-20(2)16-31(17-24(32)19-33-21(3)4)18-26-27(23-10-8-7-9-11-23)29-30(6)28(26)34-25-14-12-22(5)13-15-25/h7-15,20-21,24,32H,16-19H2,1-6H3. The maximum atomic E-state index is 10.7. The van der Waals surface area contributed by atoms with E-state index in [-0.39, 0.29) is 6.10 Å². The van der Waals surface area contributed by atoms with Gasteiger partial charge in [-0.05, 0) is 38.8 Å². The first-order chi connectivity index (χ1) is 16.2. The van der Waals surface area contributed by atoms with Crippen molar-refractivity contribution in [2.24, 2.45) is 13.0 Å². The lowest BCUT2D eigenvalue weighted by Crippen LogP contribution is -2.37. The molecular formula is C28H39N3O3. The van der Waals surface area contributed by atoms with Crippen LogP contribution in [0.4, 0.5) is 0 Å². The summed E-state index contributed by atoms with van der Waals surface area (Å²) in [5.74, 6) is 1.93. The van der Waals surface area contributed by atoms with Crippen molar-refractivity contribution in [2.45, 2.75) is 53.4 Å². The zero-order chi connectivity index (χ0) is 24.7. The molecule has 3 aromatic rings. The Morgan fingerprint density at radius 1 is 0.971 bits per heavy atom. The van der Waals surface area contributed by atoms with Gasteiger partial charge in [-0.15, -0.1) is 0 Å². The van der Waals surface area contributed by atoms with Gasteiger partial charge in [-0.2, -0.15) is 5.10 Å². The molecule has 0 fully saturated rings. The van der Waals surface area contributed by atoms with Crippen molar-refractivity contribution in [3.05, 3.63) is 65.7 Å². The fourth-order valence-electron chi connectivity index (χ4n) is 3.97. The molecule has 0 saturated heterocycles. The molecule has 184 valence electrons. The van der Waals surface area contributed by atoms with Crippen LogP contribution in [0.3, 0.4) is 0 Å². The van der Waals surface area contributed by atoms with Crippen molar-refractivity contribution in [2.75, 3.05) is 19.7 Å². The Hall–Kier alpha value is -2.67. The molecule has 6 heteroatoms. The van der Waals surface area contributed by atoms with Crippen LogP contribution in [0, 0.1) is 12.8 Å². The van der Waals surface area contributed by atoms with E-state index >= 15 is 0 Å². The van der Waals surface area contributed by atoms with E-state index in [0.29, 0.717) is 31.5 Å². The number of nitrogens with zero attached hydrogens (tertiary/aromatic N) is 3. The highest BCUT2D eigenvalue weighted by molar-refractivity contribution is 5.65. The zero-order valence-corrected chi connectivity index (χ0v) is 21.4. The first kappa shape index (κ1) is 25.9. The maximum absolute atomic E-state index is 10.7. The fourth-order valence-corrected chi connectivity index (χ4v) is 3.97. The monoisotopic (exact) mass is 465 g/mol. The van der Waals surface area contributed by atoms with E-state index in [1.165, 1.54) is 5.56 Å². The van der Waals surface area contributed by atoms with E-state index < -0.39 is 6.10 Å². The second-order valence-corrected chi connectivity index (χ2v) is 9.66. The third-order valence-electron chi connectivity index (χ3n) is 5.47. The summed E-state index contributed by atoms with van der Waals surface area (Å²) in [4.78, 5) is 2.27. The van der Waals surface area contributed by atoms with E-state index in [1.54, 1.807) is 0 Å². The number of aryl methyl sites for hydroxylation is 2. The van der Waals surface area contributed by atoms with Gasteiger partial charge in [-0.1, -0.05) is 61.9 Å². The van der Waals surface area contributed by atoms with Gasteiger partial charge in [0.15, 0.2) is 0 Å². The van der Waals surface area contributed by atoms with E-state index in [9.17, 15) is 5.11 Å². The molecule has 1 unspecified atom stereocenters. The highest BCUT2D eigenvalue weighted by Crippen LogP contribution is 2.34. The van der Waals surface area contributed by atoms with Gasteiger partial charge >= 0.3 is 0 Å². The van der Waals surface area contributed by atoms with Crippen LogP contribution in [0.1, 0.15) is 38.8 Å².